The van der Waals surface area contributed by atoms with Gasteiger partial charge >= 0.3 is 6.03 Å². The van der Waals surface area contributed by atoms with Crippen molar-refractivity contribution < 1.29 is 32.4 Å². The Balaban J connectivity index is 1.53. The molecule has 0 aromatic heterocycles. The van der Waals surface area contributed by atoms with Crippen LogP contribution in [0.2, 0.25) is 0 Å². The molecule has 6 atom stereocenters. The molecule has 0 aromatic rings. The lowest BCUT2D eigenvalue weighted by Gasteiger charge is -2.40. The molecular weight excluding hydrogens is 675 g/mol. The number of carbonyl (C=O) groups is 5. The number of likely N-dealkylation sites (tertiary alicyclic amines) is 1. The van der Waals surface area contributed by atoms with Crippen molar-refractivity contribution in [3.8, 4) is 0 Å². The molecule has 5 amide bonds. The standard InChI is InChI=1S/C36H61N7O7S/c1-11-16-37-31(46)28(44)24(19-22-14-12-15-22)38-30(45)27-26-23(36(26,8)9)20-43(27)32(47)29(35(5,6)7)40-33(48)39-25(34(2,3)4)21-42-18-13-17-41(10)51(42,49)50/h11,22-27,29H,1,12-21H2,2-10H3,(H,37,46)(H,38,45)(H2,39,40,48)/t23-,24?,25+,26-,27-,29+/m0/s1. The lowest BCUT2D eigenvalue weighted by atomic mass is 9.80. The fourth-order valence-electron chi connectivity index (χ4n) is 7.74. The van der Waals surface area contributed by atoms with Crippen molar-refractivity contribution in [2.45, 2.75) is 112 Å². The number of hydrogen-bond donors (Lipinski definition) is 4. The first-order chi connectivity index (χ1) is 23.5. The van der Waals surface area contributed by atoms with Gasteiger partial charge in [0.05, 0.1) is 6.04 Å². The van der Waals surface area contributed by atoms with E-state index in [-0.39, 0.29) is 36.3 Å². The first-order valence-electron chi connectivity index (χ1n) is 18.3. The molecule has 4 aliphatic rings. The first-order valence-corrected chi connectivity index (χ1v) is 19.7. The average Bonchev–Trinajstić information content (AvgIpc) is 3.31. The number of nitrogens with one attached hydrogen (secondary N) is 4. The molecule has 4 fully saturated rings. The molecule has 0 spiro atoms. The van der Waals surface area contributed by atoms with Crippen molar-refractivity contribution in [3.05, 3.63) is 12.7 Å². The predicted molar refractivity (Wildman–Crippen MR) is 194 cm³/mol. The average molecular weight is 736 g/mol. The maximum Gasteiger partial charge on any atom is 0.315 e. The maximum absolute atomic E-state index is 14.5. The molecule has 2 saturated heterocycles. The molecule has 2 heterocycles. The van der Waals surface area contributed by atoms with Gasteiger partial charge in [-0.15, -0.1) is 6.58 Å². The monoisotopic (exact) mass is 735 g/mol. The van der Waals surface area contributed by atoms with E-state index in [1.807, 2.05) is 41.5 Å². The smallest absolute Gasteiger partial charge is 0.315 e. The van der Waals surface area contributed by atoms with Crippen molar-refractivity contribution >= 4 is 39.7 Å². The predicted octanol–water partition coefficient (Wildman–Crippen LogP) is 2.03. The third-order valence-corrected chi connectivity index (χ3v) is 13.5. The second-order valence-electron chi connectivity index (χ2n) is 17.7. The van der Waals surface area contributed by atoms with Gasteiger partial charge in [0.1, 0.15) is 12.1 Å². The quantitative estimate of drug-likeness (QED) is 0.165. The summed E-state index contributed by atoms with van der Waals surface area (Å²) in [6.07, 6.45) is 5.36. The highest BCUT2D eigenvalue weighted by Gasteiger charge is 2.70. The summed E-state index contributed by atoms with van der Waals surface area (Å²) < 4.78 is 28.7. The van der Waals surface area contributed by atoms with Crippen LogP contribution >= 0.6 is 0 Å². The summed E-state index contributed by atoms with van der Waals surface area (Å²) in [5, 5.41) is 11.2. The lowest BCUT2D eigenvalue weighted by molar-refractivity contribution is -0.145. The van der Waals surface area contributed by atoms with Crippen LogP contribution in [-0.2, 0) is 29.4 Å². The van der Waals surface area contributed by atoms with Crippen LogP contribution in [0, 0.1) is 34.0 Å². The Morgan fingerprint density at radius 3 is 2.14 bits per heavy atom. The molecule has 1 unspecified atom stereocenters. The summed E-state index contributed by atoms with van der Waals surface area (Å²) in [5.74, 6) is -2.28. The van der Waals surface area contributed by atoms with Gasteiger partial charge in [-0.3, -0.25) is 19.2 Å². The number of nitrogens with zero attached hydrogens (tertiary/aromatic N) is 3. The van der Waals surface area contributed by atoms with E-state index < -0.39 is 74.7 Å². The van der Waals surface area contributed by atoms with E-state index in [1.165, 1.54) is 26.6 Å². The van der Waals surface area contributed by atoms with E-state index >= 15 is 0 Å². The van der Waals surface area contributed by atoms with Gasteiger partial charge in [-0.2, -0.15) is 17.0 Å². The van der Waals surface area contributed by atoms with Crippen LogP contribution in [0.3, 0.4) is 0 Å². The molecule has 4 N–H and O–H groups in total. The number of fused-ring (bicyclic) bond motifs is 1. The normalized spacial score (nSPS) is 26.5. The van der Waals surface area contributed by atoms with Crippen molar-refractivity contribution in [1.82, 2.24) is 34.8 Å². The Morgan fingerprint density at radius 2 is 1.59 bits per heavy atom. The van der Waals surface area contributed by atoms with E-state index in [4.69, 9.17) is 0 Å². The first kappa shape index (κ1) is 40.7. The number of urea groups is 1. The van der Waals surface area contributed by atoms with Crippen LogP contribution in [0.1, 0.15) is 87.5 Å². The second kappa shape index (κ2) is 15.1. The van der Waals surface area contributed by atoms with E-state index in [0.717, 1.165) is 19.3 Å². The minimum Gasteiger partial charge on any atom is -0.346 e. The number of ketones is 1. The van der Waals surface area contributed by atoms with Gasteiger partial charge in [0, 0.05) is 45.8 Å². The van der Waals surface area contributed by atoms with Gasteiger partial charge in [-0.1, -0.05) is 80.7 Å². The molecule has 0 aromatic carbocycles. The Bertz CT molecular complexity index is 1480. The maximum atomic E-state index is 14.5. The SMILES string of the molecule is C=CCNC(=O)C(=O)C(CC1CCC1)NC(=O)[C@@H]1[C@@H]2[C@H](CN1C(=O)[C@@H](NC(=O)N[C@H](CN1CCCN(C)S1(=O)=O)C(C)(C)C)C(C)(C)C)C2(C)C. The van der Waals surface area contributed by atoms with Crippen LogP contribution in [0.15, 0.2) is 12.7 Å². The van der Waals surface area contributed by atoms with Crippen LogP contribution < -0.4 is 21.3 Å². The highest BCUT2D eigenvalue weighted by atomic mass is 32.2. The minimum absolute atomic E-state index is 0.0539. The summed E-state index contributed by atoms with van der Waals surface area (Å²) in [5.41, 5.74) is -1.50. The van der Waals surface area contributed by atoms with Gasteiger partial charge in [0.25, 0.3) is 16.1 Å². The number of Topliss-reactive ketones (excluding diaryl/α,β-unsaturated/α-hetero) is 1. The molecule has 2 saturated carbocycles. The van der Waals surface area contributed by atoms with Gasteiger partial charge in [-0.25, -0.2) is 4.79 Å². The molecule has 51 heavy (non-hydrogen) atoms. The Hall–Kier alpha value is -3.04. The van der Waals surface area contributed by atoms with Crippen LogP contribution in [0.4, 0.5) is 4.79 Å². The highest BCUT2D eigenvalue weighted by molar-refractivity contribution is 7.86. The number of rotatable bonds is 13. The number of piperidine rings is 1. The van der Waals surface area contributed by atoms with Crippen molar-refractivity contribution in [1.29, 1.82) is 0 Å². The zero-order chi connectivity index (χ0) is 38.3. The van der Waals surface area contributed by atoms with Crippen molar-refractivity contribution in [2.24, 2.45) is 34.0 Å². The molecule has 288 valence electrons. The van der Waals surface area contributed by atoms with Crippen molar-refractivity contribution in [2.75, 3.05) is 39.8 Å². The topological polar surface area (TPSA) is 177 Å². The Kier molecular flexibility index (Phi) is 12.1. The zero-order valence-corrected chi connectivity index (χ0v) is 32.8. The molecule has 2 aliphatic heterocycles. The molecule has 15 heteroatoms. The summed E-state index contributed by atoms with van der Waals surface area (Å²) in [6, 6.07) is -4.14. The van der Waals surface area contributed by atoms with Crippen LogP contribution in [0.5, 0.6) is 0 Å². The largest absolute Gasteiger partial charge is 0.346 e. The third kappa shape index (κ3) is 8.95. The molecule has 4 rings (SSSR count). The molecule has 0 bridgehead atoms. The summed E-state index contributed by atoms with van der Waals surface area (Å²) in [7, 11) is -2.13. The summed E-state index contributed by atoms with van der Waals surface area (Å²) >= 11 is 0. The van der Waals surface area contributed by atoms with Crippen LogP contribution in [-0.4, -0.2) is 115 Å². The van der Waals surface area contributed by atoms with Gasteiger partial charge in [-0.05, 0) is 46.8 Å². The number of hydrogen-bond acceptors (Lipinski definition) is 7. The Labute approximate surface area is 304 Å². The van der Waals surface area contributed by atoms with Gasteiger partial charge in [0.15, 0.2) is 0 Å². The zero-order valence-electron chi connectivity index (χ0n) is 32.0. The fourth-order valence-corrected chi connectivity index (χ4v) is 9.19. The third-order valence-electron chi connectivity index (χ3n) is 11.5. The lowest BCUT2D eigenvalue weighted by Crippen LogP contribution is -2.63. The molecule has 0 radical (unpaired) electrons. The van der Waals surface area contributed by atoms with E-state index in [2.05, 4.69) is 41.7 Å². The van der Waals surface area contributed by atoms with E-state index in [1.54, 1.807) is 0 Å². The second-order valence-corrected chi connectivity index (χ2v) is 19.8. The van der Waals surface area contributed by atoms with Crippen LogP contribution in [0.25, 0.3) is 0 Å². The molecule has 2 aliphatic carbocycles. The van der Waals surface area contributed by atoms with E-state index in [9.17, 15) is 32.4 Å². The summed E-state index contributed by atoms with van der Waals surface area (Å²) in [6.45, 7) is 20.2. The summed E-state index contributed by atoms with van der Waals surface area (Å²) in [4.78, 5) is 69.8. The van der Waals surface area contributed by atoms with E-state index in [0.29, 0.717) is 32.5 Å². The number of carbonyl (C=O) groups excluding carboxylic acids is 5. The number of amides is 5. The molecule has 14 nitrogen and oxygen atoms in total. The van der Waals surface area contributed by atoms with Crippen molar-refractivity contribution in [3.63, 3.8) is 0 Å². The molecular formula is C36H61N7O7S. The minimum atomic E-state index is -3.67. The Morgan fingerprint density at radius 1 is 0.941 bits per heavy atom. The fraction of sp³-hybridized carbons (Fsp3) is 0.806. The van der Waals surface area contributed by atoms with Gasteiger partial charge < -0.3 is 26.2 Å². The van der Waals surface area contributed by atoms with Gasteiger partial charge in [0.2, 0.25) is 17.6 Å². The highest BCUT2D eigenvalue weighted by Crippen LogP contribution is 2.65.